The molecular weight excluding hydrogens is 404 g/mol. The molecule has 0 bridgehead atoms. The summed E-state index contributed by atoms with van der Waals surface area (Å²) < 4.78 is 3.53. The maximum atomic E-state index is 13.1. The van der Waals surface area contributed by atoms with E-state index in [0.717, 1.165) is 22.8 Å². The van der Waals surface area contributed by atoms with E-state index in [2.05, 4.69) is 48.5 Å². The second kappa shape index (κ2) is 8.05. The van der Waals surface area contributed by atoms with Crippen LogP contribution in [0.2, 0.25) is 0 Å². The van der Waals surface area contributed by atoms with Crippen molar-refractivity contribution in [2.75, 3.05) is 0 Å². The second-order valence-corrected chi connectivity index (χ2v) is 10.6. The summed E-state index contributed by atoms with van der Waals surface area (Å²) >= 11 is 0. The highest BCUT2D eigenvalue weighted by Gasteiger charge is 2.63. The van der Waals surface area contributed by atoms with Crippen LogP contribution in [0.1, 0.15) is 76.4 Å². The molecule has 0 aromatic carbocycles. The zero-order valence-corrected chi connectivity index (χ0v) is 21.1. The van der Waals surface area contributed by atoms with E-state index in [1.165, 1.54) is 0 Å². The smallest absolute Gasteiger partial charge is 0.244 e. The lowest BCUT2D eigenvalue weighted by atomic mass is 9.48. The van der Waals surface area contributed by atoms with Gasteiger partial charge in [0.05, 0.1) is 11.4 Å². The third-order valence-corrected chi connectivity index (χ3v) is 7.13. The van der Waals surface area contributed by atoms with Crippen LogP contribution in [0.15, 0.2) is 12.1 Å². The summed E-state index contributed by atoms with van der Waals surface area (Å²) in [5, 5.41) is 15.4. The summed E-state index contributed by atoms with van der Waals surface area (Å²) in [5.74, 6) is -0.133. The number of nitrogens with one attached hydrogen (secondary N) is 2. The van der Waals surface area contributed by atoms with Crippen LogP contribution < -0.4 is 10.6 Å². The minimum atomic E-state index is -0.407. The van der Waals surface area contributed by atoms with Crippen LogP contribution in [-0.4, -0.2) is 43.5 Å². The van der Waals surface area contributed by atoms with Crippen molar-refractivity contribution in [1.82, 2.24) is 30.2 Å². The van der Waals surface area contributed by atoms with Gasteiger partial charge in [-0.2, -0.15) is 10.2 Å². The van der Waals surface area contributed by atoms with Gasteiger partial charge in [-0.1, -0.05) is 27.7 Å². The van der Waals surface area contributed by atoms with Gasteiger partial charge in [0.2, 0.25) is 11.8 Å². The molecule has 1 aliphatic rings. The number of aromatic nitrogens is 4. The average Bonchev–Trinajstić information content (AvgIpc) is 3.21. The van der Waals surface area contributed by atoms with Crippen LogP contribution in [0.5, 0.6) is 0 Å². The second-order valence-electron chi connectivity index (χ2n) is 10.6. The highest BCUT2D eigenvalue weighted by atomic mass is 16.2. The predicted octanol–water partition coefficient (Wildman–Crippen LogP) is 3.17. The molecule has 1 fully saturated rings. The summed E-state index contributed by atoms with van der Waals surface area (Å²) in [5.41, 5.74) is 3.09. The van der Waals surface area contributed by atoms with E-state index in [4.69, 9.17) is 0 Å². The lowest BCUT2D eigenvalue weighted by Crippen LogP contribution is -2.78. The molecule has 8 heteroatoms. The Balaban J connectivity index is 1.71. The van der Waals surface area contributed by atoms with Crippen molar-refractivity contribution >= 4 is 11.8 Å². The van der Waals surface area contributed by atoms with E-state index in [-0.39, 0.29) is 34.7 Å². The van der Waals surface area contributed by atoms with Gasteiger partial charge < -0.3 is 10.6 Å². The highest BCUT2D eigenvalue weighted by molar-refractivity contribution is 5.82. The number of carbonyl (C=O) groups excluding carboxylic acids is 2. The van der Waals surface area contributed by atoms with Crippen LogP contribution >= 0.6 is 0 Å². The first-order chi connectivity index (χ1) is 14.7. The van der Waals surface area contributed by atoms with E-state index < -0.39 is 12.1 Å². The summed E-state index contributed by atoms with van der Waals surface area (Å²) in [4.78, 5) is 26.1. The normalized spacial score (nSPS) is 23.2. The Morgan fingerprint density at radius 1 is 0.781 bits per heavy atom. The minimum Gasteiger partial charge on any atom is -0.350 e. The lowest BCUT2D eigenvalue weighted by Gasteiger charge is -2.64. The number of nitrogens with zero attached hydrogens (tertiary/aromatic N) is 4. The molecular formula is C24H38N6O2. The first kappa shape index (κ1) is 24.0. The Labute approximate surface area is 191 Å². The van der Waals surface area contributed by atoms with Gasteiger partial charge in [0.15, 0.2) is 0 Å². The van der Waals surface area contributed by atoms with Gasteiger partial charge in [0, 0.05) is 34.3 Å². The first-order valence-corrected chi connectivity index (χ1v) is 11.3. The fourth-order valence-electron chi connectivity index (χ4n) is 5.72. The Hall–Kier alpha value is -2.64. The topological polar surface area (TPSA) is 93.8 Å². The molecule has 32 heavy (non-hydrogen) atoms. The molecule has 0 aliphatic heterocycles. The monoisotopic (exact) mass is 442 g/mol. The lowest BCUT2D eigenvalue weighted by molar-refractivity contribution is -0.145. The van der Waals surface area contributed by atoms with Crippen LogP contribution in [0.3, 0.4) is 0 Å². The highest BCUT2D eigenvalue weighted by Crippen LogP contribution is 2.54. The van der Waals surface area contributed by atoms with Gasteiger partial charge >= 0.3 is 0 Å². The van der Waals surface area contributed by atoms with Crippen molar-refractivity contribution in [3.63, 3.8) is 0 Å². The number of carbonyl (C=O) groups is 2. The molecule has 2 aromatic rings. The maximum Gasteiger partial charge on any atom is 0.244 e. The van der Waals surface area contributed by atoms with Crippen molar-refractivity contribution in [3.05, 3.63) is 34.9 Å². The third-order valence-electron chi connectivity index (χ3n) is 7.13. The van der Waals surface area contributed by atoms with Gasteiger partial charge in [0.1, 0.15) is 12.1 Å². The Kier molecular flexibility index (Phi) is 6.04. The van der Waals surface area contributed by atoms with Gasteiger partial charge in [-0.05, 0) is 53.7 Å². The van der Waals surface area contributed by atoms with E-state index >= 15 is 0 Å². The van der Waals surface area contributed by atoms with Crippen molar-refractivity contribution in [1.29, 1.82) is 0 Å². The van der Waals surface area contributed by atoms with E-state index in [9.17, 15) is 9.59 Å². The first-order valence-electron chi connectivity index (χ1n) is 11.3. The predicted molar refractivity (Wildman–Crippen MR) is 124 cm³/mol. The molecule has 2 amide bonds. The third kappa shape index (κ3) is 3.95. The van der Waals surface area contributed by atoms with Gasteiger partial charge in [-0.25, -0.2) is 0 Å². The molecule has 2 unspecified atom stereocenters. The largest absolute Gasteiger partial charge is 0.350 e. The zero-order valence-electron chi connectivity index (χ0n) is 21.1. The average molecular weight is 443 g/mol. The van der Waals surface area contributed by atoms with Crippen LogP contribution in [0.4, 0.5) is 0 Å². The Morgan fingerprint density at radius 2 is 1.09 bits per heavy atom. The van der Waals surface area contributed by atoms with Gasteiger partial charge in [0.25, 0.3) is 0 Å². The number of hydrogen-bond acceptors (Lipinski definition) is 4. The summed E-state index contributed by atoms with van der Waals surface area (Å²) in [7, 11) is 0. The molecule has 2 aromatic heterocycles. The minimum absolute atomic E-state index is 0.0665. The number of hydrogen-bond donors (Lipinski definition) is 2. The molecule has 176 valence electrons. The van der Waals surface area contributed by atoms with E-state index in [0.29, 0.717) is 0 Å². The van der Waals surface area contributed by atoms with Crippen LogP contribution in [0, 0.1) is 38.5 Å². The standard InChI is InChI=1S/C24H38N6O2/c1-13-11-15(3)29(27-13)17(5)19(31)25-21-23(7,8)22(24(21,9)10)26-20(32)18(6)30-16(4)12-14(2)28-30/h11-12,17-18,21-22H,1-10H3,(H,25,31)(H,26,32). The van der Waals surface area contributed by atoms with Crippen LogP contribution in [-0.2, 0) is 9.59 Å². The summed E-state index contributed by atoms with van der Waals surface area (Å²) in [6.07, 6.45) is 0. The molecule has 0 spiro atoms. The molecule has 2 heterocycles. The molecule has 2 N–H and O–H groups in total. The SMILES string of the molecule is Cc1cc(C)n(C(C)C(=O)NC2C(C)(C)C(NC(=O)C(C)n3nc(C)cc3C)C2(C)C)n1. The van der Waals surface area contributed by atoms with E-state index in [1.807, 2.05) is 53.7 Å². The fraction of sp³-hybridized carbons (Fsp3) is 0.667. The van der Waals surface area contributed by atoms with Crippen molar-refractivity contribution in [2.24, 2.45) is 10.8 Å². The quantitative estimate of drug-likeness (QED) is 0.718. The van der Waals surface area contributed by atoms with Crippen molar-refractivity contribution in [2.45, 2.75) is 93.4 Å². The Bertz CT molecular complexity index is 937. The Morgan fingerprint density at radius 3 is 1.34 bits per heavy atom. The number of rotatable bonds is 6. The zero-order chi connectivity index (χ0) is 24.2. The van der Waals surface area contributed by atoms with Crippen molar-refractivity contribution < 1.29 is 9.59 Å². The molecule has 1 saturated carbocycles. The maximum absolute atomic E-state index is 13.1. The molecule has 2 atom stereocenters. The van der Waals surface area contributed by atoms with Gasteiger partial charge in [-0.15, -0.1) is 0 Å². The fourth-order valence-corrected chi connectivity index (χ4v) is 5.72. The summed E-state index contributed by atoms with van der Waals surface area (Å²) in [6, 6.07) is 2.95. The number of aryl methyl sites for hydroxylation is 4. The van der Waals surface area contributed by atoms with Crippen LogP contribution in [0.25, 0.3) is 0 Å². The van der Waals surface area contributed by atoms with Crippen molar-refractivity contribution in [3.8, 4) is 0 Å². The molecule has 0 saturated heterocycles. The molecule has 3 rings (SSSR count). The molecule has 8 nitrogen and oxygen atoms in total. The molecule has 0 radical (unpaired) electrons. The number of amides is 2. The molecule has 1 aliphatic carbocycles. The van der Waals surface area contributed by atoms with Gasteiger partial charge in [-0.3, -0.25) is 19.0 Å². The van der Waals surface area contributed by atoms with E-state index in [1.54, 1.807) is 9.36 Å². The summed E-state index contributed by atoms with van der Waals surface area (Å²) in [6.45, 7) is 19.9.